The molecule has 0 saturated carbocycles. The van der Waals surface area contributed by atoms with E-state index in [1.54, 1.807) is 0 Å². The number of halogens is 1. The molecule has 0 aromatic heterocycles. The fourth-order valence-corrected chi connectivity index (χ4v) is 0.495. The van der Waals surface area contributed by atoms with Crippen molar-refractivity contribution in [3.05, 3.63) is 0 Å². The molecule has 0 saturated heterocycles. The number of hydrogen-bond donors (Lipinski definition) is 1. The Morgan fingerprint density at radius 2 is 2.12 bits per heavy atom. The first-order valence-electron chi connectivity index (χ1n) is 2.55. The van der Waals surface area contributed by atoms with Gasteiger partial charge < -0.3 is 5.73 Å². The molecule has 0 amide bonds. The highest BCUT2D eigenvalue weighted by Gasteiger charge is 1.83. The first-order chi connectivity index (χ1) is 3.27. The zero-order valence-corrected chi connectivity index (χ0v) is 6.65. The van der Waals surface area contributed by atoms with Crippen LogP contribution in [0.5, 0.6) is 0 Å². The van der Waals surface area contributed by atoms with Crippen LogP contribution in [0.3, 0.4) is 0 Å². The molecular formula is C5H12ClNS. The van der Waals surface area contributed by atoms with Crippen molar-refractivity contribution in [3.63, 3.8) is 0 Å². The topological polar surface area (TPSA) is 26.0 Å². The number of nitrogens with two attached hydrogens (primary N) is 1. The molecule has 0 fully saturated rings. The summed E-state index contributed by atoms with van der Waals surface area (Å²) in [6, 6.07) is 0. The smallest absolute Gasteiger partial charge is 0.0727 e. The van der Waals surface area contributed by atoms with E-state index in [1.807, 2.05) is 0 Å². The fourth-order valence-electron chi connectivity index (χ4n) is 0.351. The SMILES string of the molecule is CCCCC(N)=S.Cl. The van der Waals surface area contributed by atoms with Crippen LogP contribution >= 0.6 is 24.6 Å². The van der Waals surface area contributed by atoms with E-state index in [0.29, 0.717) is 4.99 Å². The van der Waals surface area contributed by atoms with Gasteiger partial charge in [0.25, 0.3) is 0 Å². The minimum Gasteiger partial charge on any atom is -0.393 e. The molecule has 0 aromatic rings. The Bertz CT molecular complexity index is 65.4. The molecule has 0 bridgehead atoms. The van der Waals surface area contributed by atoms with E-state index in [1.165, 1.54) is 6.42 Å². The summed E-state index contributed by atoms with van der Waals surface area (Å²) in [6.45, 7) is 2.12. The molecule has 0 rings (SSSR count). The largest absolute Gasteiger partial charge is 0.393 e. The fraction of sp³-hybridized carbons (Fsp3) is 0.800. The summed E-state index contributed by atoms with van der Waals surface area (Å²) in [5.41, 5.74) is 5.21. The second-order valence-corrected chi connectivity index (χ2v) is 2.09. The van der Waals surface area contributed by atoms with E-state index >= 15 is 0 Å². The van der Waals surface area contributed by atoms with Gasteiger partial charge in [-0.05, 0) is 12.8 Å². The predicted molar refractivity (Wildman–Crippen MR) is 43.6 cm³/mol. The van der Waals surface area contributed by atoms with Crippen molar-refractivity contribution in [2.45, 2.75) is 26.2 Å². The molecule has 0 unspecified atom stereocenters. The summed E-state index contributed by atoms with van der Waals surface area (Å²) in [5, 5.41) is 0. The summed E-state index contributed by atoms with van der Waals surface area (Å²) in [7, 11) is 0. The molecule has 0 aromatic carbocycles. The molecule has 0 aliphatic carbocycles. The van der Waals surface area contributed by atoms with Crippen LogP contribution in [0.25, 0.3) is 0 Å². The maximum Gasteiger partial charge on any atom is 0.0727 e. The summed E-state index contributed by atoms with van der Waals surface area (Å²) >= 11 is 4.64. The van der Waals surface area contributed by atoms with Crippen LogP contribution in [0.4, 0.5) is 0 Å². The maximum absolute atomic E-state index is 5.21. The van der Waals surface area contributed by atoms with Crippen molar-refractivity contribution in [1.29, 1.82) is 0 Å². The average molecular weight is 154 g/mol. The monoisotopic (exact) mass is 153 g/mol. The molecule has 3 heteroatoms. The first-order valence-corrected chi connectivity index (χ1v) is 2.96. The van der Waals surface area contributed by atoms with Crippen molar-refractivity contribution >= 4 is 29.6 Å². The standard InChI is InChI=1S/C5H11NS.ClH/c1-2-3-4-5(6)7;/h2-4H2,1H3,(H2,6,7);1H. The highest BCUT2D eigenvalue weighted by Crippen LogP contribution is 1.91. The molecule has 0 aliphatic rings. The van der Waals surface area contributed by atoms with Gasteiger partial charge in [0.2, 0.25) is 0 Å². The first kappa shape index (κ1) is 11.0. The van der Waals surface area contributed by atoms with Gasteiger partial charge in [-0.1, -0.05) is 25.6 Å². The molecule has 50 valence electrons. The van der Waals surface area contributed by atoms with Crippen LogP contribution < -0.4 is 5.73 Å². The lowest BCUT2D eigenvalue weighted by Crippen LogP contribution is -2.06. The van der Waals surface area contributed by atoms with Gasteiger partial charge in [0, 0.05) is 0 Å². The summed E-state index contributed by atoms with van der Waals surface area (Å²) in [4.78, 5) is 0.641. The van der Waals surface area contributed by atoms with Crippen LogP contribution in [0.1, 0.15) is 26.2 Å². The van der Waals surface area contributed by atoms with Gasteiger partial charge in [0.05, 0.1) is 4.99 Å². The lowest BCUT2D eigenvalue weighted by molar-refractivity contribution is 0.837. The van der Waals surface area contributed by atoms with Crippen molar-refractivity contribution < 1.29 is 0 Å². The number of rotatable bonds is 3. The lowest BCUT2D eigenvalue weighted by Gasteiger charge is -1.90. The van der Waals surface area contributed by atoms with Gasteiger partial charge in [0.15, 0.2) is 0 Å². The quantitative estimate of drug-likeness (QED) is 0.627. The van der Waals surface area contributed by atoms with Crippen LogP contribution in [-0.2, 0) is 0 Å². The molecule has 8 heavy (non-hydrogen) atoms. The number of hydrogen-bond acceptors (Lipinski definition) is 1. The average Bonchev–Trinajstić information content (AvgIpc) is 1.61. The highest BCUT2D eigenvalue weighted by atomic mass is 35.5. The molecule has 1 nitrogen and oxygen atoms in total. The van der Waals surface area contributed by atoms with E-state index in [0.717, 1.165) is 12.8 Å². The molecular weight excluding hydrogens is 142 g/mol. The highest BCUT2D eigenvalue weighted by molar-refractivity contribution is 7.80. The second kappa shape index (κ2) is 7.18. The molecule has 0 aliphatic heterocycles. The summed E-state index contributed by atoms with van der Waals surface area (Å²) in [5.74, 6) is 0. The third-order valence-corrected chi connectivity index (χ3v) is 0.981. The van der Waals surface area contributed by atoms with Crippen molar-refractivity contribution in [2.75, 3.05) is 0 Å². The van der Waals surface area contributed by atoms with Crippen LogP contribution in [0.2, 0.25) is 0 Å². The molecule has 0 atom stereocenters. The normalized spacial score (nSPS) is 7.62. The van der Waals surface area contributed by atoms with Gasteiger partial charge in [-0.15, -0.1) is 12.4 Å². The third-order valence-electron chi connectivity index (χ3n) is 0.777. The van der Waals surface area contributed by atoms with Gasteiger partial charge in [-0.3, -0.25) is 0 Å². The van der Waals surface area contributed by atoms with E-state index < -0.39 is 0 Å². The predicted octanol–water partition coefficient (Wildman–Crippen LogP) is 1.88. The summed E-state index contributed by atoms with van der Waals surface area (Å²) < 4.78 is 0. The Morgan fingerprint density at radius 1 is 1.62 bits per heavy atom. The molecule has 2 N–H and O–H groups in total. The molecule has 0 heterocycles. The Kier molecular flexibility index (Phi) is 9.91. The van der Waals surface area contributed by atoms with Gasteiger partial charge in [0.1, 0.15) is 0 Å². The second-order valence-electron chi connectivity index (χ2n) is 1.57. The number of thiocarbonyl (C=S) groups is 1. The van der Waals surface area contributed by atoms with Crippen molar-refractivity contribution in [2.24, 2.45) is 5.73 Å². The van der Waals surface area contributed by atoms with Gasteiger partial charge >= 0.3 is 0 Å². The van der Waals surface area contributed by atoms with Crippen molar-refractivity contribution in [1.82, 2.24) is 0 Å². The van der Waals surface area contributed by atoms with E-state index in [9.17, 15) is 0 Å². The van der Waals surface area contributed by atoms with E-state index in [4.69, 9.17) is 5.73 Å². The zero-order chi connectivity index (χ0) is 5.70. The number of unbranched alkanes of at least 4 members (excludes halogenated alkanes) is 1. The van der Waals surface area contributed by atoms with Gasteiger partial charge in [-0.2, -0.15) is 0 Å². The van der Waals surface area contributed by atoms with Crippen molar-refractivity contribution in [3.8, 4) is 0 Å². The van der Waals surface area contributed by atoms with Crippen LogP contribution in [-0.4, -0.2) is 4.99 Å². The van der Waals surface area contributed by atoms with Gasteiger partial charge in [-0.25, -0.2) is 0 Å². The minimum absolute atomic E-state index is 0. The zero-order valence-electron chi connectivity index (χ0n) is 5.02. The van der Waals surface area contributed by atoms with Crippen LogP contribution in [0.15, 0.2) is 0 Å². The minimum atomic E-state index is 0. The Morgan fingerprint density at radius 3 is 2.25 bits per heavy atom. The molecule has 0 radical (unpaired) electrons. The van der Waals surface area contributed by atoms with Crippen LogP contribution in [0, 0.1) is 0 Å². The summed E-state index contributed by atoms with van der Waals surface area (Å²) in [6.07, 6.45) is 3.22. The Hall–Kier alpha value is 0.180. The Balaban J connectivity index is 0. The van der Waals surface area contributed by atoms with E-state index in [-0.39, 0.29) is 12.4 Å². The lowest BCUT2D eigenvalue weighted by atomic mass is 10.3. The Labute approximate surface area is 62.1 Å². The third kappa shape index (κ3) is 9.49. The van der Waals surface area contributed by atoms with E-state index in [2.05, 4.69) is 19.1 Å². The molecule has 0 spiro atoms. The maximum atomic E-state index is 5.21.